The Labute approximate surface area is 154 Å². The van der Waals surface area contributed by atoms with Crippen molar-refractivity contribution in [2.24, 2.45) is 5.73 Å². The molecule has 0 saturated carbocycles. The minimum atomic E-state index is 0.737. The van der Waals surface area contributed by atoms with Gasteiger partial charge in [-0.3, -0.25) is 0 Å². The van der Waals surface area contributed by atoms with Crippen LogP contribution in [0.15, 0.2) is 109 Å². The molecule has 3 aromatic rings. The summed E-state index contributed by atoms with van der Waals surface area (Å²) in [4.78, 5) is 0. The summed E-state index contributed by atoms with van der Waals surface area (Å²) in [5, 5.41) is 3.22. The van der Waals surface area contributed by atoms with E-state index in [0.717, 1.165) is 28.1 Å². The second kappa shape index (κ2) is 7.16. The van der Waals surface area contributed by atoms with E-state index in [0.29, 0.717) is 0 Å². The van der Waals surface area contributed by atoms with Gasteiger partial charge in [-0.15, -0.1) is 0 Å². The van der Waals surface area contributed by atoms with E-state index in [1.807, 2.05) is 36.6 Å². The summed E-state index contributed by atoms with van der Waals surface area (Å²) in [6.45, 7) is 0. The standard InChI is InChI=1S/C24H20N2/c25-24(23-13-7-8-14-26-23)22-16-20(18-9-3-1-4-10-18)15-21(17-22)19-11-5-2-6-12-19/h1-17,26H,25H2/b24-23-. The molecule has 4 rings (SSSR count). The summed E-state index contributed by atoms with van der Waals surface area (Å²) in [6, 6.07) is 27.3. The first-order valence-corrected chi connectivity index (χ1v) is 8.67. The van der Waals surface area contributed by atoms with Crippen molar-refractivity contribution in [1.82, 2.24) is 5.32 Å². The first-order valence-electron chi connectivity index (χ1n) is 8.67. The van der Waals surface area contributed by atoms with Gasteiger partial charge in [-0.1, -0.05) is 66.7 Å². The van der Waals surface area contributed by atoms with Gasteiger partial charge >= 0.3 is 0 Å². The lowest BCUT2D eigenvalue weighted by Crippen LogP contribution is -2.12. The minimum absolute atomic E-state index is 0.737. The summed E-state index contributed by atoms with van der Waals surface area (Å²) < 4.78 is 0. The van der Waals surface area contributed by atoms with Crippen molar-refractivity contribution in [2.45, 2.75) is 0 Å². The van der Waals surface area contributed by atoms with Crippen LogP contribution in [0.2, 0.25) is 0 Å². The average molecular weight is 336 g/mol. The molecular weight excluding hydrogens is 316 g/mol. The second-order valence-corrected chi connectivity index (χ2v) is 6.22. The fourth-order valence-electron chi connectivity index (χ4n) is 3.09. The molecule has 0 spiro atoms. The van der Waals surface area contributed by atoms with Gasteiger partial charge in [-0.2, -0.15) is 0 Å². The van der Waals surface area contributed by atoms with Crippen molar-refractivity contribution < 1.29 is 0 Å². The lowest BCUT2D eigenvalue weighted by molar-refractivity contribution is 1.09. The van der Waals surface area contributed by atoms with Crippen LogP contribution < -0.4 is 11.1 Å². The van der Waals surface area contributed by atoms with Gasteiger partial charge in [-0.05, 0) is 52.6 Å². The summed E-state index contributed by atoms with van der Waals surface area (Å²) in [5.74, 6) is 0. The molecule has 0 amide bonds. The van der Waals surface area contributed by atoms with E-state index in [1.54, 1.807) is 0 Å². The topological polar surface area (TPSA) is 38.0 Å². The SMILES string of the molecule is N/C(=C1/C=CC=CN1)c1cc(-c2ccccc2)cc(-c2ccccc2)c1. The predicted molar refractivity (Wildman–Crippen MR) is 110 cm³/mol. The lowest BCUT2D eigenvalue weighted by Gasteiger charge is -2.14. The van der Waals surface area contributed by atoms with Gasteiger partial charge in [0, 0.05) is 11.8 Å². The number of allylic oxidation sites excluding steroid dienone is 3. The van der Waals surface area contributed by atoms with Crippen LogP contribution in [0.1, 0.15) is 5.56 Å². The van der Waals surface area contributed by atoms with E-state index in [1.165, 1.54) is 11.1 Å². The van der Waals surface area contributed by atoms with Crippen LogP contribution in [0.25, 0.3) is 28.0 Å². The third-order valence-electron chi connectivity index (χ3n) is 4.46. The van der Waals surface area contributed by atoms with Crippen molar-refractivity contribution in [3.8, 4) is 22.3 Å². The van der Waals surface area contributed by atoms with Crippen molar-refractivity contribution in [3.05, 3.63) is 115 Å². The van der Waals surface area contributed by atoms with E-state index in [4.69, 9.17) is 5.73 Å². The van der Waals surface area contributed by atoms with E-state index in [2.05, 4.69) is 72.0 Å². The number of nitrogens with two attached hydrogens (primary N) is 1. The molecular formula is C24H20N2. The third-order valence-corrected chi connectivity index (χ3v) is 4.46. The molecule has 0 radical (unpaired) electrons. The molecule has 0 bridgehead atoms. The highest BCUT2D eigenvalue weighted by Gasteiger charge is 2.10. The van der Waals surface area contributed by atoms with Crippen LogP contribution in [-0.4, -0.2) is 0 Å². The molecule has 2 heteroatoms. The number of hydrogen-bond acceptors (Lipinski definition) is 2. The molecule has 2 nitrogen and oxygen atoms in total. The fourth-order valence-corrected chi connectivity index (χ4v) is 3.09. The second-order valence-electron chi connectivity index (χ2n) is 6.22. The van der Waals surface area contributed by atoms with E-state index >= 15 is 0 Å². The normalized spacial score (nSPS) is 14.8. The molecule has 126 valence electrons. The van der Waals surface area contributed by atoms with E-state index in [9.17, 15) is 0 Å². The molecule has 0 saturated heterocycles. The summed E-state index contributed by atoms with van der Waals surface area (Å²) >= 11 is 0. The first kappa shape index (κ1) is 16.0. The molecule has 0 unspecified atom stereocenters. The van der Waals surface area contributed by atoms with Gasteiger partial charge < -0.3 is 11.1 Å². The Hall–Kier alpha value is -3.52. The van der Waals surface area contributed by atoms with Crippen molar-refractivity contribution in [2.75, 3.05) is 0 Å². The number of hydrogen-bond donors (Lipinski definition) is 2. The summed E-state index contributed by atoms with van der Waals surface area (Å²) in [6.07, 6.45) is 7.82. The van der Waals surface area contributed by atoms with Gasteiger partial charge in [0.1, 0.15) is 0 Å². The Kier molecular flexibility index (Phi) is 4.40. The van der Waals surface area contributed by atoms with Crippen LogP contribution in [0.5, 0.6) is 0 Å². The Morgan fingerprint density at radius 3 is 1.73 bits per heavy atom. The number of dihydropyridines is 1. The van der Waals surface area contributed by atoms with Gasteiger partial charge in [0.05, 0.1) is 11.4 Å². The number of rotatable bonds is 3. The Balaban J connectivity index is 1.89. The number of benzene rings is 3. The monoisotopic (exact) mass is 336 g/mol. The Morgan fingerprint density at radius 2 is 1.23 bits per heavy atom. The molecule has 0 aromatic heterocycles. The van der Waals surface area contributed by atoms with Gasteiger partial charge in [-0.25, -0.2) is 0 Å². The maximum Gasteiger partial charge on any atom is 0.0627 e. The zero-order valence-electron chi connectivity index (χ0n) is 14.4. The van der Waals surface area contributed by atoms with Crippen molar-refractivity contribution >= 4 is 5.70 Å². The van der Waals surface area contributed by atoms with Gasteiger partial charge in [0.15, 0.2) is 0 Å². The predicted octanol–water partition coefficient (Wildman–Crippen LogP) is 5.32. The van der Waals surface area contributed by atoms with E-state index < -0.39 is 0 Å². The molecule has 0 fully saturated rings. The van der Waals surface area contributed by atoms with E-state index in [-0.39, 0.29) is 0 Å². The van der Waals surface area contributed by atoms with Crippen LogP contribution in [0.3, 0.4) is 0 Å². The van der Waals surface area contributed by atoms with Gasteiger partial charge in [0.2, 0.25) is 0 Å². The van der Waals surface area contributed by atoms with Crippen LogP contribution in [0.4, 0.5) is 0 Å². The van der Waals surface area contributed by atoms with Gasteiger partial charge in [0.25, 0.3) is 0 Å². The van der Waals surface area contributed by atoms with Crippen molar-refractivity contribution in [3.63, 3.8) is 0 Å². The average Bonchev–Trinajstić information content (AvgIpc) is 2.75. The maximum atomic E-state index is 6.50. The molecule has 3 aromatic carbocycles. The zero-order chi connectivity index (χ0) is 17.8. The zero-order valence-corrected chi connectivity index (χ0v) is 14.4. The minimum Gasteiger partial charge on any atom is -0.397 e. The van der Waals surface area contributed by atoms with Crippen LogP contribution in [0, 0.1) is 0 Å². The molecule has 3 N–H and O–H groups in total. The Morgan fingerprint density at radius 1 is 0.654 bits per heavy atom. The fraction of sp³-hybridized carbons (Fsp3) is 0. The molecule has 26 heavy (non-hydrogen) atoms. The Bertz CT molecular complexity index is 939. The quantitative estimate of drug-likeness (QED) is 0.679. The number of nitrogens with one attached hydrogen (secondary N) is 1. The molecule has 0 atom stereocenters. The summed E-state index contributed by atoms with van der Waals surface area (Å²) in [5.41, 5.74) is 13.8. The highest BCUT2D eigenvalue weighted by atomic mass is 14.9. The molecule has 1 heterocycles. The van der Waals surface area contributed by atoms with Crippen LogP contribution in [-0.2, 0) is 0 Å². The van der Waals surface area contributed by atoms with Crippen molar-refractivity contribution in [1.29, 1.82) is 0 Å². The highest BCUT2D eigenvalue weighted by molar-refractivity contribution is 5.80. The smallest absolute Gasteiger partial charge is 0.0627 e. The maximum absolute atomic E-state index is 6.50. The highest BCUT2D eigenvalue weighted by Crippen LogP contribution is 2.30. The first-order chi connectivity index (χ1) is 12.8. The van der Waals surface area contributed by atoms with Crippen LogP contribution >= 0.6 is 0 Å². The largest absolute Gasteiger partial charge is 0.397 e. The molecule has 0 aliphatic carbocycles. The summed E-state index contributed by atoms with van der Waals surface area (Å²) in [7, 11) is 0. The molecule has 1 aliphatic heterocycles. The lowest BCUT2D eigenvalue weighted by atomic mass is 9.94. The molecule has 1 aliphatic rings. The third kappa shape index (κ3) is 3.31.